The van der Waals surface area contributed by atoms with Crippen molar-refractivity contribution in [1.29, 1.82) is 0 Å². The molecule has 0 amide bonds. The van der Waals surface area contributed by atoms with Crippen molar-refractivity contribution in [3.8, 4) is 0 Å². The van der Waals surface area contributed by atoms with Crippen LogP contribution in [0.15, 0.2) is 24.3 Å². The Bertz CT molecular complexity index is 446. The molecular weight excluding hydrogens is 257 g/mol. The van der Waals surface area contributed by atoms with Crippen LogP contribution in [0.5, 0.6) is 0 Å². The molecule has 0 radical (unpaired) electrons. The summed E-state index contributed by atoms with van der Waals surface area (Å²) >= 11 is 0. The summed E-state index contributed by atoms with van der Waals surface area (Å²) in [6, 6.07) is 6.79. The molecule has 20 heavy (non-hydrogen) atoms. The van der Waals surface area contributed by atoms with Gasteiger partial charge in [-0.25, -0.2) is 4.39 Å². The van der Waals surface area contributed by atoms with Crippen molar-refractivity contribution in [2.45, 2.75) is 51.1 Å². The quantitative estimate of drug-likeness (QED) is 0.900. The Morgan fingerprint density at radius 2 is 2.10 bits per heavy atom. The normalized spacial score (nSPS) is 21.6. The summed E-state index contributed by atoms with van der Waals surface area (Å²) in [5.74, 6) is -1.02. The Labute approximate surface area is 119 Å². The Morgan fingerprint density at radius 1 is 1.40 bits per heavy atom. The number of nitrogens with zero attached hydrogens (tertiary/aromatic N) is 1. The summed E-state index contributed by atoms with van der Waals surface area (Å²) in [6.07, 6.45) is 4.27. The second kappa shape index (κ2) is 6.84. The average Bonchev–Trinajstić information content (AvgIpc) is 2.41. The van der Waals surface area contributed by atoms with Crippen molar-refractivity contribution in [2.24, 2.45) is 0 Å². The second-order valence-electron chi connectivity index (χ2n) is 5.66. The van der Waals surface area contributed by atoms with E-state index >= 15 is 0 Å². The number of aliphatic carboxylic acids is 1. The van der Waals surface area contributed by atoms with Crippen LogP contribution >= 0.6 is 0 Å². The van der Waals surface area contributed by atoms with Gasteiger partial charge in [0, 0.05) is 12.1 Å². The molecule has 4 heteroatoms. The molecule has 1 heterocycles. The second-order valence-corrected chi connectivity index (χ2v) is 5.66. The molecular formula is C16H22FNO2. The molecule has 1 aliphatic heterocycles. The average molecular weight is 279 g/mol. The maximum Gasteiger partial charge on any atom is 0.304 e. The van der Waals surface area contributed by atoms with Gasteiger partial charge in [-0.2, -0.15) is 0 Å². The summed E-state index contributed by atoms with van der Waals surface area (Å²) in [6.45, 7) is 3.12. The molecule has 3 nitrogen and oxygen atoms in total. The van der Waals surface area contributed by atoms with Gasteiger partial charge < -0.3 is 5.11 Å². The lowest BCUT2D eigenvalue weighted by molar-refractivity contribution is -0.138. The fraction of sp³-hybridized carbons (Fsp3) is 0.562. The lowest BCUT2D eigenvalue weighted by atomic mass is 9.95. The number of carboxylic acid groups (broad SMARTS) is 1. The number of carboxylic acids is 1. The first kappa shape index (κ1) is 15.0. The van der Waals surface area contributed by atoms with Crippen LogP contribution in [0, 0.1) is 5.82 Å². The first-order valence-corrected chi connectivity index (χ1v) is 7.28. The van der Waals surface area contributed by atoms with Crippen molar-refractivity contribution < 1.29 is 14.3 Å². The molecule has 0 bridgehead atoms. The highest BCUT2D eigenvalue weighted by Gasteiger charge is 2.27. The summed E-state index contributed by atoms with van der Waals surface area (Å²) < 4.78 is 12.9. The SMILES string of the molecule is CC1CCCCN1C(CC(=O)O)Cc1ccc(F)cc1. The number of piperidine rings is 1. The van der Waals surface area contributed by atoms with E-state index in [9.17, 15) is 9.18 Å². The Morgan fingerprint density at radius 3 is 2.70 bits per heavy atom. The highest BCUT2D eigenvalue weighted by Crippen LogP contribution is 2.23. The van der Waals surface area contributed by atoms with E-state index in [0.29, 0.717) is 12.5 Å². The number of rotatable bonds is 5. The minimum Gasteiger partial charge on any atom is -0.481 e. The minimum absolute atomic E-state index is 0.00624. The summed E-state index contributed by atoms with van der Waals surface area (Å²) in [5.41, 5.74) is 0.996. The summed E-state index contributed by atoms with van der Waals surface area (Å²) in [4.78, 5) is 13.4. The van der Waals surface area contributed by atoms with Crippen molar-refractivity contribution in [3.63, 3.8) is 0 Å². The molecule has 1 aromatic rings. The van der Waals surface area contributed by atoms with Crippen LogP contribution in [-0.4, -0.2) is 34.6 Å². The van der Waals surface area contributed by atoms with Gasteiger partial charge in [0.05, 0.1) is 6.42 Å². The largest absolute Gasteiger partial charge is 0.481 e. The number of halogens is 1. The third kappa shape index (κ3) is 4.04. The molecule has 0 aliphatic carbocycles. The minimum atomic E-state index is -0.769. The van der Waals surface area contributed by atoms with E-state index in [2.05, 4.69) is 11.8 Å². The van der Waals surface area contributed by atoms with E-state index in [4.69, 9.17) is 5.11 Å². The fourth-order valence-corrected chi connectivity index (χ4v) is 3.06. The van der Waals surface area contributed by atoms with Gasteiger partial charge in [-0.05, 0) is 50.4 Å². The zero-order chi connectivity index (χ0) is 14.5. The predicted octanol–water partition coefficient (Wildman–Crippen LogP) is 3.09. The topological polar surface area (TPSA) is 40.5 Å². The van der Waals surface area contributed by atoms with Crippen LogP contribution in [0.3, 0.4) is 0 Å². The highest BCUT2D eigenvalue weighted by molar-refractivity contribution is 5.67. The lowest BCUT2D eigenvalue weighted by Crippen LogP contribution is -2.46. The lowest BCUT2D eigenvalue weighted by Gasteiger charge is -2.39. The van der Waals surface area contributed by atoms with Crippen molar-refractivity contribution in [1.82, 2.24) is 4.90 Å². The zero-order valence-corrected chi connectivity index (χ0v) is 11.9. The van der Waals surface area contributed by atoms with Crippen LogP contribution in [-0.2, 0) is 11.2 Å². The molecule has 110 valence electrons. The van der Waals surface area contributed by atoms with Crippen LogP contribution in [0.1, 0.15) is 38.2 Å². The van der Waals surface area contributed by atoms with Gasteiger partial charge in [-0.15, -0.1) is 0 Å². The molecule has 0 aromatic heterocycles. The molecule has 1 fully saturated rings. The van der Waals surface area contributed by atoms with E-state index in [1.807, 2.05) is 0 Å². The predicted molar refractivity (Wildman–Crippen MR) is 76.2 cm³/mol. The number of benzene rings is 1. The van der Waals surface area contributed by atoms with Crippen LogP contribution < -0.4 is 0 Å². The highest BCUT2D eigenvalue weighted by atomic mass is 19.1. The van der Waals surface area contributed by atoms with Crippen LogP contribution in [0.25, 0.3) is 0 Å². The molecule has 1 aliphatic rings. The molecule has 2 rings (SSSR count). The number of likely N-dealkylation sites (tertiary alicyclic amines) is 1. The third-order valence-electron chi connectivity index (χ3n) is 4.12. The van der Waals surface area contributed by atoms with Crippen molar-refractivity contribution in [3.05, 3.63) is 35.6 Å². The van der Waals surface area contributed by atoms with Gasteiger partial charge in [-0.3, -0.25) is 9.69 Å². The van der Waals surface area contributed by atoms with Crippen LogP contribution in [0.4, 0.5) is 4.39 Å². The summed E-state index contributed by atoms with van der Waals surface area (Å²) in [7, 11) is 0. The number of hydrogen-bond acceptors (Lipinski definition) is 2. The van der Waals surface area contributed by atoms with Gasteiger partial charge in [0.15, 0.2) is 0 Å². The van der Waals surface area contributed by atoms with Crippen LogP contribution in [0.2, 0.25) is 0 Å². The number of carbonyl (C=O) groups is 1. The maximum absolute atomic E-state index is 12.9. The Balaban J connectivity index is 2.10. The maximum atomic E-state index is 12.9. The van der Waals surface area contributed by atoms with E-state index in [1.54, 1.807) is 12.1 Å². The molecule has 2 atom stereocenters. The first-order valence-electron chi connectivity index (χ1n) is 7.28. The van der Waals surface area contributed by atoms with Gasteiger partial charge in [-0.1, -0.05) is 18.6 Å². The molecule has 1 saturated heterocycles. The molecule has 0 spiro atoms. The van der Waals surface area contributed by atoms with E-state index in [0.717, 1.165) is 24.9 Å². The van der Waals surface area contributed by atoms with E-state index in [-0.39, 0.29) is 18.3 Å². The molecule has 1 N–H and O–H groups in total. The Kier molecular flexibility index (Phi) is 5.12. The zero-order valence-electron chi connectivity index (χ0n) is 11.9. The van der Waals surface area contributed by atoms with Gasteiger partial charge in [0.25, 0.3) is 0 Å². The first-order chi connectivity index (χ1) is 9.56. The fourth-order valence-electron chi connectivity index (χ4n) is 3.06. The molecule has 1 aromatic carbocycles. The van der Waals surface area contributed by atoms with Gasteiger partial charge in [0.2, 0.25) is 0 Å². The monoisotopic (exact) mass is 279 g/mol. The Hall–Kier alpha value is -1.42. The number of hydrogen-bond donors (Lipinski definition) is 1. The van der Waals surface area contributed by atoms with Crippen molar-refractivity contribution in [2.75, 3.05) is 6.54 Å². The summed E-state index contributed by atoms with van der Waals surface area (Å²) in [5, 5.41) is 9.14. The van der Waals surface area contributed by atoms with Gasteiger partial charge >= 0.3 is 5.97 Å². The molecule has 2 unspecified atom stereocenters. The third-order valence-corrected chi connectivity index (χ3v) is 4.12. The smallest absolute Gasteiger partial charge is 0.304 e. The van der Waals surface area contributed by atoms with Crippen molar-refractivity contribution >= 4 is 5.97 Å². The van der Waals surface area contributed by atoms with Gasteiger partial charge in [0.1, 0.15) is 5.82 Å². The standard InChI is InChI=1S/C16H22FNO2/c1-12-4-2-3-9-18(12)15(11-16(19)20)10-13-5-7-14(17)8-6-13/h5-8,12,15H,2-4,9-11H2,1H3,(H,19,20). The van der Waals surface area contributed by atoms with E-state index < -0.39 is 5.97 Å². The molecule has 0 saturated carbocycles. The van der Waals surface area contributed by atoms with E-state index in [1.165, 1.54) is 18.6 Å².